The molecular weight excluding hydrogens is 260 g/mol. The molecule has 2 amide bonds. The van der Waals surface area contributed by atoms with Gasteiger partial charge < -0.3 is 26.0 Å². The van der Waals surface area contributed by atoms with Gasteiger partial charge in [0.25, 0.3) is 5.91 Å². The third-order valence-corrected chi connectivity index (χ3v) is 3.90. The number of β-amino-alcohol motifs (C(OH)–C–C–N with tert-alkyl or cyclic N) is 1. The normalized spacial score (nSPS) is 25.9. The second-order valence-corrected chi connectivity index (χ2v) is 5.56. The fourth-order valence-electron chi connectivity index (χ4n) is 2.78. The summed E-state index contributed by atoms with van der Waals surface area (Å²) in [6.07, 6.45) is 3.28. The van der Waals surface area contributed by atoms with E-state index < -0.39 is 18.1 Å². The molecule has 0 radical (unpaired) electrons. The number of primary amides is 1. The number of nitrogen functional groups attached to an aromatic ring is 1. The molecule has 5 N–H and O–H groups in total. The molecule has 0 aromatic carbocycles. The first-order chi connectivity index (χ1) is 9.47. The minimum Gasteiger partial charge on any atom is -0.397 e. The minimum absolute atomic E-state index is 0.127. The van der Waals surface area contributed by atoms with Gasteiger partial charge in [-0.15, -0.1) is 0 Å². The molecule has 1 aromatic rings. The third kappa shape index (κ3) is 2.14. The van der Waals surface area contributed by atoms with Crippen molar-refractivity contribution in [3.05, 3.63) is 18.0 Å². The lowest BCUT2D eigenvalue weighted by atomic mass is 10.2. The van der Waals surface area contributed by atoms with E-state index in [0.717, 1.165) is 12.8 Å². The maximum absolute atomic E-state index is 12.6. The Bertz CT molecular complexity index is 564. The van der Waals surface area contributed by atoms with Crippen molar-refractivity contribution in [2.45, 2.75) is 37.5 Å². The summed E-state index contributed by atoms with van der Waals surface area (Å²) >= 11 is 0. The summed E-state index contributed by atoms with van der Waals surface area (Å²) in [6.45, 7) is 0.127. The first-order valence-electron chi connectivity index (χ1n) is 6.73. The van der Waals surface area contributed by atoms with Crippen LogP contribution in [-0.2, 0) is 4.79 Å². The van der Waals surface area contributed by atoms with E-state index in [1.165, 1.54) is 4.90 Å². The number of nitrogens with zero attached hydrogens (tertiary/aromatic N) is 2. The maximum Gasteiger partial charge on any atom is 0.271 e. The maximum atomic E-state index is 12.6. The van der Waals surface area contributed by atoms with E-state index in [4.69, 9.17) is 11.5 Å². The molecule has 0 bridgehead atoms. The average molecular weight is 278 g/mol. The minimum atomic E-state index is -0.749. The molecule has 1 saturated heterocycles. The van der Waals surface area contributed by atoms with E-state index in [1.807, 2.05) is 4.57 Å². The Balaban J connectivity index is 1.90. The Kier molecular flexibility index (Phi) is 2.93. The molecule has 1 aliphatic carbocycles. The number of hydrogen-bond donors (Lipinski definition) is 3. The summed E-state index contributed by atoms with van der Waals surface area (Å²) in [7, 11) is 0. The Morgan fingerprint density at radius 2 is 2.05 bits per heavy atom. The molecule has 1 aliphatic heterocycles. The van der Waals surface area contributed by atoms with Gasteiger partial charge in [0.2, 0.25) is 5.91 Å². The highest BCUT2D eigenvalue weighted by atomic mass is 16.3. The van der Waals surface area contributed by atoms with Gasteiger partial charge in [-0.05, 0) is 18.9 Å². The number of carbonyl (C=O) groups excluding carboxylic acids is 2. The zero-order valence-corrected chi connectivity index (χ0v) is 11.0. The van der Waals surface area contributed by atoms with Crippen molar-refractivity contribution in [1.82, 2.24) is 9.47 Å². The van der Waals surface area contributed by atoms with Gasteiger partial charge in [0, 0.05) is 25.2 Å². The van der Waals surface area contributed by atoms with Crippen LogP contribution in [-0.4, -0.2) is 45.1 Å². The molecule has 2 fully saturated rings. The lowest BCUT2D eigenvalue weighted by Gasteiger charge is -2.22. The van der Waals surface area contributed by atoms with E-state index in [1.54, 1.807) is 12.3 Å². The van der Waals surface area contributed by atoms with Crippen LogP contribution in [0, 0.1) is 0 Å². The van der Waals surface area contributed by atoms with Gasteiger partial charge in [-0.25, -0.2) is 0 Å². The second-order valence-electron chi connectivity index (χ2n) is 5.56. The fourth-order valence-corrected chi connectivity index (χ4v) is 2.78. The smallest absolute Gasteiger partial charge is 0.271 e. The Morgan fingerprint density at radius 3 is 2.65 bits per heavy atom. The van der Waals surface area contributed by atoms with E-state index >= 15 is 0 Å². The van der Waals surface area contributed by atoms with Crippen molar-refractivity contribution in [2.24, 2.45) is 5.73 Å². The summed E-state index contributed by atoms with van der Waals surface area (Å²) in [4.78, 5) is 25.4. The second kappa shape index (κ2) is 4.52. The van der Waals surface area contributed by atoms with Gasteiger partial charge in [0.1, 0.15) is 11.7 Å². The first-order valence-corrected chi connectivity index (χ1v) is 6.73. The van der Waals surface area contributed by atoms with Crippen LogP contribution in [0.5, 0.6) is 0 Å². The first kappa shape index (κ1) is 13.0. The average Bonchev–Trinajstić information content (AvgIpc) is 3.04. The number of likely N-dealkylation sites (tertiary alicyclic amines) is 1. The molecule has 1 aromatic heterocycles. The van der Waals surface area contributed by atoms with Gasteiger partial charge in [0.15, 0.2) is 0 Å². The standard InChI is InChI=1S/C13H18N4O3/c14-7-3-11(16(5-7)8-1-2-8)13(20)17-6-9(18)4-10(17)12(15)19/h3,5,8-10,18H,1-2,4,6,14H2,(H2,15,19). The van der Waals surface area contributed by atoms with Crippen molar-refractivity contribution in [3.63, 3.8) is 0 Å². The van der Waals surface area contributed by atoms with Gasteiger partial charge >= 0.3 is 0 Å². The molecule has 0 spiro atoms. The molecular formula is C13H18N4O3. The topological polar surface area (TPSA) is 115 Å². The number of nitrogens with two attached hydrogens (primary N) is 2. The van der Waals surface area contributed by atoms with Crippen LogP contribution in [0.3, 0.4) is 0 Å². The van der Waals surface area contributed by atoms with Crippen molar-refractivity contribution in [2.75, 3.05) is 12.3 Å². The van der Waals surface area contributed by atoms with Crippen molar-refractivity contribution >= 4 is 17.5 Å². The summed E-state index contributed by atoms with van der Waals surface area (Å²) in [5.74, 6) is -0.888. The number of aliphatic hydroxyl groups is 1. The van der Waals surface area contributed by atoms with Crippen LogP contribution in [0.15, 0.2) is 12.3 Å². The Morgan fingerprint density at radius 1 is 1.35 bits per heavy atom. The van der Waals surface area contributed by atoms with Gasteiger partial charge in [-0.1, -0.05) is 0 Å². The van der Waals surface area contributed by atoms with E-state index in [2.05, 4.69) is 0 Å². The van der Waals surface area contributed by atoms with Crippen molar-refractivity contribution in [3.8, 4) is 0 Å². The number of carbonyl (C=O) groups is 2. The monoisotopic (exact) mass is 278 g/mol. The van der Waals surface area contributed by atoms with Crippen LogP contribution >= 0.6 is 0 Å². The van der Waals surface area contributed by atoms with Crippen LogP contribution in [0.25, 0.3) is 0 Å². The molecule has 1 saturated carbocycles. The third-order valence-electron chi connectivity index (χ3n) is 3.90. The fraction of sp³-hybridized carbons (Fsp3) is 0.538. The highest BCUT2D eigenvalue weighted by molar-refractivity contribution is 5.97. The lowest BCUT2D eigenvalue weighted by molar-refractivity contribution is -0.121. The van der Waals surface area contributed by atoms with Crippen LogP contribution < -0.4 is 11.5 Å². The Labute approximate surface area is 116 Å². The van der Waals surface area contributed by atoms with Gasteiger partial charge in [-0.3, -0.25) is 9.59 Å². The van der Waals surface area contributed by atoms with Crippen molar-refractivity contribution < 1.29 is 14.7 Å². The zero-order valence-electron chi connectivity index (χ0n) is 11.0. The SMILES string of the molecule is NC(=O)C1CC(O)CN1C(=O)c1cc(N)cn1C1CC1. The Hall–Kier alpha value is -2.02. The zero-order chi connectivity index (χ0) is 14.4. The molecule has 108 valence electrons. The van der Waals surface area contributed by atoms with Crippen molar-refractivity contribution in [1.29, 1.82) is 0 Å². The molecule has 2 atom stereocenters. The predicted octanol–water partition coefficient (Wildman–Crippen LogP) is -0.534. The number of amides is 2. The molecule has 3 rings (SSSR count). The van der Waals surface area contributed by atoms with Gasteiger partial charge in [0.05, 0.1) is 11.8 Å². The summed E-state index contributed by atoms with van der Waals surface area (Å²) in [5.41, 5.74) is 12.1. The highest BCUT2D eigenvalue weighted by Crippen LogP contribution is 2.37. The van der Waals surface area contributed by atoms with Crippen LogP contribution in [0.4, 0.5) is 5.69 Å². The number of anilines is 1. The van der Waals surface area contributed by atoms with E-state index in [9.17, 15) is 14.7 Å². The largest absolute Gasteiger partial charge is 0.397 e. The molecule has 2 unspecified atom stereocenters. The van der Waals surface area contributed by atoms with Crippen LogP contribution in [0.1, 0.15) is 35.8 Å². The molecule has 7 heteroatoms. The predicted molar refractivity (Wildman–Crippen MR) is 71.8 cm³/mol. The van der Waals surface area contributed by atoms with E-state index in [0.29, 0.717) is 17.4 Å². The van der Waals surface area contributed by atoms with E-state index in [-0.39, 0.29) is 18.9 Å². The molecule has 7 nitrogen and oxygen atoms in total. The number of hydrogen-bond acceptors (Lipinski definition) is 4. The van der Waals surface area contributed by atoms with Crippen LogP contribution in [0.2, 0.25) is 0 Å². The molecule has 20 heavy (non-hydrogen) atoms. The number of rotatable bonds is 3. The highest BCUT2D eigenvalue weighted by Gasteiger charge is 2.40. The van der Waals surface area contributed by atoms with Gasteiger partial charge in [-0.2, -0.15) is 0 Å². The quantitative estimate of drug-likeness (QED) is 0.689. The number of aromatic nitrogens is 1. The summed E-state index contributed by atoms with van der Waals surface area (Å²) in [6, 6.07) is 1.18. The summed E-state index contributed by atoms with van der Waals surface area (Å²) < 4.78 is 1.86. The lowest BCUT2D eigenvalue weighted by Crippen LogP contribution is -2.44. The molecule has 2 heterocycles. The number of aliphatic hydroxyl groups excluding tert-OH is 1. The molecule has 2 aliphatic rings. The summed E-state index contributed by atoms with van der Waals surface area (Å²) in [5, 5.41) is 9.68.